The number of rotatable bonds is 4. The molecule has 6 nitrogen and oxygen atoms in total. The Morgan fingerprint density at radius 1 is 1.13 bits per heavy atom. The zero-order chi connectivity index (χ0) is 17.0. The molecule has 0 aliphatic rings. The van der Waals surface area contributed by atoms with E-state index in [1.165, 1.54) is 0 Å². The third kappa shape index (κ3) is 3.97. The van der Waals surface area contributed by atoms with Crippen molar-refractivity contribution in [3.8, 4) is 11.1 Å². The first-order valence-electron chi connectivity index (χ1n) is 7.37. The molecular formula is C17H20N2O4. The van der Waals surface area contributed by atoms with E-state index in [4.69, 9.17) is 9.47 Å². The van der Waals surface area contributed by atoms with Crippen molar-refractivity contribution >= 4 is 11.9 Å². The number of hydrogen-bond donors (Lipinski definition) is 1. The summed E-state index contributed by atoms with van der Waals surface area (Å²) in [7, 11) is 0. The number of ether oxygens (including phenoxy) is 2. The van der Waals surface area contributed by atoms with E-state index < -0.39 is 17.5 Å². The number of nitrogens with one attached hydrogen (secondary N) is 1. The quantitative estimate of drug-likeness (QED) is 0.876. The normalized spacial score (nSPS) is 11.1. The van der Waals surface area contributed by atoms with Crippen LogP contribution < -0.4 is 0 Å². The molecule has 0 saturated heterocycles. The molecule has 6 heteroatoms. The average Bonchev–Trinajstić information content (AvgIpc) is 2.91. The van der Waals surface area contributed by atoms with Gasteiger partial charge in [0.1, 0.15) is 5.60 Å². The van der Waals surface area contributed by atoms with E-state index in [9.17, 15) is 9.59 Å². The van der Waals surface area contributed by atoms with Crippen molar-refractivity contribution in [3.05, 3.63) is 41.7 Å². The number of esters is 2. The predicted octanol–water partition coefficient (Wildman–Crippen LogP) is 3.21. The number of benzene rings is 1. The van der Waals surface area contributed by atoms with Crippen LogP contribution in [0.4, 0.5) is 0 Å². The lowest BCUT2D eigenvalue weighted by molar-refractivity contribution is 0.00636. The van der Waals surface area contributed by atoms with Crippen LogP contribution in [0.3, 0.4) is 0 Å². The number of aromatic amines is 1. The van der Waals surface area contributed by atoms with E-state index in [-0.39, 0.29) is 18.0 Å². The van der Waals surface area contributed by atoms with Gasteiger partial charge in [-0.2, -0.15) is 5.10 Å². The standard InChI is InChI=1S/C17H20N2O4/c1-5-22-15(20)13-12(11-9-7-6-8-10-11)14(19-18-13)16(21)23-17(2,3)4/h6-10H,5H2,1-4H3,(H,18,19). The first kappa shape index (κ1) is 16.7. The number of aromatic nitrogens is 2. The molecule has 23 heavy (non-hydrogen) atoms. The van der Waals surface area contributed by atoms with Crippen molar-refractivity contribution in [1.82, 2.24) is 10.2 Å². The van der Waals surface area contributed by atoms with Crippen LogP contribution in [-0.2, 0) is 9.47 Å². The molecule has 0 aliphatic carbocycles. The fourth-order valence-electron chi connectivity index (χ4n) is 2.05. The van der Waals surface area contributed by atoms with Gasteiger partial charge in [-0.3, -0.25) is 5.10 Å². The van der Waals surface area contributed by atoms with Gasteiger partial charge in [0.25, 0.3) is 0 Å². The number of carbonyl (C=O) groups is 2. The van der Waals surface area contributed by atoms with Crippen LogP contribution in [0.15, 0.2) is 30.3 Å². The lowest BCUT2D eigenvalue weighted by Gasteiger charge is -2.19. The molecule has 1 heterocycles. The second-order valence-electron chi connectivity index (χ2n) is 5.91. The van der Waals surface area contributed by atoms with Crippen molar-refractivity contribution in [2.45, 2.75) is 33.3 Å². The van der Waals surface area contributed by atoms with Crippen LogP contribution in [0, 0.1) is 0 Å². The minimum atomic E-state index is -0.659. The van der Waals surface area contributed by atoms with E-state index >= 15 is 0 Å². The highest BCUT2D eigenvalue weighted by molar-refractivity contribution is 6.03. The van der Waals surface area contributed by atoms with Gasteiger partial charge in [-0.15, -0.1) is 0 Å². The molecule has 0 radical (unpaired) electrons. The molecule has 0 aliphatic heterocycles. The van der Waals surface area contributed by atoms with Crippen LogP contribution in [0.1, 0.15) is 48.7 Å². The number of H-pyrrole nitrogens is 1. The number of carbonyl (C=O) groups excluding carboxylic acids is 2. The summed E-state index contributed by atoms with van der Waals surface area (Å²) in [5, 5.41) is 6.58. The average molecular weight is 316 g/mol. The SMILES string of the molecule is CCOC(=O)c1[nH]nc(C(=O)OC(C)(C)C)c1-c1ccccc1. The third-order valence-corrected chi connectivity index (χ3v) is 2.90. The molecule has 122 valence electrons. The fraction of sp³-hybridized carbons (Fsp3) is 0.353. The molecule has 0 amide bonds. The number of hydrogen-bond acceptors (Lipinski definition) is 5. The first-order valence-corrected chi connectivity index (χ1v) is 7.37. The van der Waals surface area contributed by atoms with Crippen molar-refractivity contribution in [2.24, 2.45) is 0 Å². The summed E-state index contributed by atoms with van der Waals surface area (Å²) < 4.78 is 10.4. The van der Waals surface area contributed by atoms with E-state index in [1.807, 2.05) is 18.2 Å². The summed E-state index contributed by atoms with van der Waals surface area (Å²) >= 11 is 0. The molecule has 2 aromatic rings. The van der Waals surface area contributed by atoms with Crippen LogP contribution in [0.5, 0.6) is 0 Å². The Hall–Kier alpha value is -2.63. The summed E-state index contributed by atoms with van der Waals surface area (Å²) in [6.45, 7) is 7.25. The molecule has 0 fully saturated rings. The lowest BCUT2D eigenvalue weighted by Crippen LogP contribution is -2.24. The fourth-order valence-corrected chi connectivity index (χ4v) is 2.05. The second kappa shape index (κ2) is 6.64. The van der Waals surface area contributed by atoms with E-state index in [0.717, 1.165) is 0 Å². The molecule has 1 N–H and O–H groups in total. The highest BCUT2D eigenvalue weighted by Gasteiger charge is 2.28. The van der Waals surface area contributed by atoms with Crippen LogP contribution >= 0.6 is 0 Å². The van der Waals surface area contributed by atoms with Gasteiger partial charge >= 0.3 is 11.9 Å². The number of nitrogens with zero attached hydrogens (tertiary/aromatic N) is 1. The van der Waals surface area contributed by atoms with E-state index in [1.54, 1.807) is 39.8 Å². The summed E-state index contributed by atoms with van der Waals surface area (Å²) in [6, 6.07) is 9.07. The van der Waals surface area contributed by atoms with Crippen molar-refractivity contribution in [2.75, 3.05) is 6.61 Å². The van der Waals surface area contributed by atoms with Gasteiger partial charge in [-0.1, -0.05) is 30.3 Å². The molecular weight excluding hydrogens is 296 g/mol. The maximum atomic E-state index is 12.4. The van der Waals surface area contributed by atoms with Gasteiger partial charge in [0, 0.05) is 5.56 Å². The maximum Gasteiger partial charge on any atom is 0.360 e. The summed E-state index contributed by atoms with van der Waals surface area (Å²) in [6.07, 6.45) is 0. The lowest BCUT2D eigenvalue weighted by atomic mass is 10.0. The third-order valence-electron chi connectivity index (χ3n) is 2.90. The molecule has 1 aromatic heterocycles. The van der Waals surface area contributed by atoms with Crippen molar-refractivity contribution < 1.29 is 19.1 Å². The van der Waals surface area contributed by atoms with Crippen LogP contribution in [-0.4, -0.2) is 34.3 Å². The summed E-state index contributed by atoms with van der Waals surface area (Å²) in [4.78, 5) is 24.5. The zero-order valence-corrected chi connectivity index (χ0v) is 13.7. The first-order chi connectivity index (χ1) is 10.8. The van der Waals surface area contributed by atoms with Crippen molar-refractivity contribution in [1.29, 1.82) is 0 Å². The minimum Gasteiger partial charge on any atom is -0.461 e. The molecule has 0 atom stereocenters. The Morgan fingerprint density at radius 2 is 1.78 bits per heavy atom. The highest BCUT2D eigenvalue weighted by atomic mass is 16.6. The highest BCUT2D eigenvalue weighted by Crippen LogP contribution is 2.28. The predicted molar refractivity (Wildman–Crippen MR) is 85.1 cm³/mol. The summed E-state index contributed by atoms with van der Waals surface area (Å²) in [5.41, 5.74) is 0.616. The Balaban J connectivity index is 2.51. The van der Waals surface area contributed by atoms with Gasteiger partial charge in [0.15, 0.2) is 11.4 Å². The Morgan fingerprint density at radius 3 is 2.35 bits per heavy atom. The molecule has 0 saturated carbocycles. The maximum absolute atomic E-state index is 12.4. The molecule has 0 spiro atoms. The van der Waals surface area contributed by atoms with Gasteiger partial charge in [-0.05, 0) is 33.3 Å². The van der Waals surface area contributed by atoms with Crippen LogP contribution in [0.25, 0.3) is 11.1 Å². The molecule has 2 rings (SSSR count). The summed E-state index contributed by atoms with van der Waals surface area (Å²) in [5.74, 6) is -1.16. The zero-order valence-electron chi connectivity index (χ0n) is 13.7. The Bertz CT molecular complexity index is 699. The molecule has 0 bridgehead atoms. The topological polar surface area (TPSA) is 81.3 Å². The minimum absolute atomic E-state index is 0.0641. The smallest absolute Gasteiger partial charge is 0.360 e. The Labute approximate surface area is 134 Å². The van der Waals surface area contributed by atoms with Crippen molar-refractivity contribution in [3.63, 3.8) is 0 Å². The Kier molecular flexibility index (Phi) is 4.83. The van der Waals surface area contributed by atoms with Gasteiger partial charge in [0.2, 0.25) is 0 Å². The monoisotopic (exact) mass is 316 g/mol. The van der Waals surface area contributed by atoms with Gasteiger partial charge in [-0.25, -0.2) is 9.59 Å². The van der Waals surface area contributed by atoms with E-state index in [2.05, 4.69) is 10.2 Å². The van der Waals surface area contributed by atoms with Gasteiger partial charge < -0.3 is 9.47 Å². The largest absolute Gasteiger partial charge is 0.461 e. The second-order valence-corrected chi connectivity index (χ2v) is 5.91. The van der Waals surface area contributed by atoms with Crippen LogP contribution in [0.2, 0.25) is 0 Å². The van der Waals surface area contributed by atoms with Gasteiger partial charge in [0.05, 0.1) is 6.61 Å². The molecule has 1 aromatic carbocycles. The van der Waals surface area contributed by atoms with E-state index in [0.29, 0.717) is 11.1 Å². The molecule has 0 unspecified atom stereocenters.